The number of anilines is 1. The molecule has 0 aliphatic carbocycles. The summed E-state index contributed by atoms with van der Waals surface area (Å²) in [6.07, 6.45) is 1.78. The Morgan fingerprint density at radius 3 is 2.69 bits per heavy atom. The maximum absolute atomic E-state index is 12.1. The van der Waals surface area contributed by atoms with Crippen LogP contribution in [0.2, 0.25) is 0 Å². The number of ether oxygens (including phenoxy) is 1. The molecule has 8 heteroatoms. The summed E-state index contributed by atoms with van der Waals surface area (Å²) in [4.78, 5) is 28.4. The van der Waals surface area contributed by atoms with Crippen LogP contribution in [0, 0.1) is 0 Å². The minimum atomic E-state index is -0.107. The summed E-state index contributed by atoms with van der Waals surface area (Å²) in [5.74, 6) is -0.213. The number of methoxy groups -OCH3 is 1. The van der Waals surface area contributed by atoms with Gasteiger partial charge in [0.15, 0.2) is 5.13 Å². The molecule has 0 atom stereocenters. The molecule has 2 N–H and O–H groups in total. The number of thiazole rings is 1. The summed E-state index contributed by atoms with van der Waals surface area (Å²) in [6, 6.07) is 9.97. The zero-order chi connectivity index (χ0) is 20.5. The lowest BCUT2D eigenvalue weighted by Crippen LogP contribution is -2.25. The minimum absolute atomic E-state index is 0.106. The number of hydrogen-bond acceptors (Lipinski definition) is 6. The largest absolute Gasteiger partial charge is 0.384 e. The molecular formula is C21H23N3O3S2. The number of rotatable bonds is 10. The van der Waals surface area contributed by atoms with E-state index in [2.05, 4.69) is 27.8 Å². The first kappa shape index (κ1) is 21.2. The van der Waals surface area contributed by atoms with Gasteiger partial charge in [-0.15, -0.1) is 11.3 Å². The fourth-order valence-corrected chi connectivity index (χ4v) is 4.03. The molecule has 0 saturated heterocycles. The zero-order valence-electron chi connectivity index (χ0n) is 16.1. The van der Waals surface area contributed by atoms with Gasteiger partial charge >= 0.3 is 0 Å². The van der Waals surface area contributed by atoms with Crippen molar-refractivity contribution in [2.45, 2.75) is 19.3 Å². The van der Waals surface area contributed by atoms with Crippen LogP contribution in [0.3, 0.4) is 0 Å². The van der Waals surface area contributed by atoms with E-state index < -0.39 is 0 Å². The van der Waals surface area contributed by atoms with E-state index >= 15 is 0 Å². The van der Waals surface area contributed by atoms with Crippen molar-refractivity contribution in [2.24, 2.45) is 0 Å². The highest BCUT2D eigenvalue weighted by Crippen LogP contribution is 2.25. The van der Waals surface area contributed by atoms with Crippen molar-refractivity contribution in [1.82, 2.24) is 10.3 Å². The van der Waals surface area contributed by atoms with Crippen LogP contribution in [0.5, 0.6) is 0 Å². The molecule has 0 bridgehead atoms. The molecule has 152 valence electrons. The Morgan fingerprint density at radius 2 is 1.97 bits per heavy atom. The Hall–Kier alpha value is -2.55. The second-order valence-electron chi connectivity index (χ2n) is 6.40. The summed E-state index contributed by atoms with van der Waals surface area (Å²) >= 11 is 2.88. The fraction of sp³-hybridized carbons (Fsp3) is 0.286. The van der Waals surface area contributed by atoms with Gasteiger partial charge in [-0.2, -0.15) is 11.3 Å². The highest BCUT2D eigenvalue weighted by molar-refractivity contribution is 7.14. The van der Waals surface area contributed by atoms with Crippen LogP contribution in [0.25, 0.3) is 11.3 Å². The Kier molecular flexibility index (Phi) is 7.92. The Balaban J connectivity index is 1.42. The third-order valence-corrected chi connectivity index (χ3v) is 5.69. The van der Waals surface area contributed by atoms with Gasteiger partial charge in [0.25, 0.3) is 5.91 Å². The minimum Gasteiger partial charge on any atom is -0.384 e. The van der Waals surface area contributed by atoms with Crippen molar-refractivity contribution >= 4 is 39.6 Å². The van der Waals surface area contributed by atoms with Gasteiger partial charge in [-0.25, -0.2) is 4.98 Å². The molecule has 0 saturated carbocycles. The predicted octanol–water partition coefficient (Wildman–Crippen LogP) is 4.21. The van der Waals surface area contributed by atoms with Crippen molar-refractivity contribution in [3.05, 3.63) is 57.6 Å². The number of aromatic nitrogens is 1. The Bertz CT molecular complexity index is 921. The number of carbonyl (C=O) groups excluding carboxylic acids is 2. The van der Waals surface area contributed by atoms with Gasteiger partial charge < -0.3 is 15.4 Å². The predicted molar refractivity (Wildman–Crippen MR) is 118 cm³/mol. The monoisotopic (exact) mass is 429 g/mol. The van der Waals surface area contributed by atoms with Gasteiger partial charge in [-0.1, -0.05) is 24.3 Å². The summed E-state index contributed by atoms with van der Waals surface area (Å²) < 4.78 is 5.09. The van der Waals surface area contributed by atoms with Crippen LogP contribution < -0.4 is 10.6 Å². The van der Waals surface area contributed by atoms with E-state index in [4.69, 9.17) is 4.74 Å². The molecule has 0 unspecified atom stereocenters. The highest BCUT2D eigenvalue weighted by atomic mass is 32.1. The van der Waals surface area contributed by atoms with E-state index in [1.165, 1.54) is 28.2 Å². The van der Waals surface area contributed by atoms with Crippen molar-refractivity contribution < 1.29 is 14.3 Å². The number of hydrogen-bond donors (Lipinski definition) is 2. The van der Waals surface area contributed by atoms with Crippen molar-refractivity contribution in [3.63, 3.8) is 0 Å². The average molecular weight is 430 g/mol. The van der Waals surface area contributed by atoms with Crippen LogP contribution >= 0.6 is 22.7 Å². The van der Waals surface area contributed by atoms with Gasteiger partial charge in [0, 0.05) is 42.0 Å². The Labute approximate surface area is 178 Å². The molecule has 2 heterocycles. The number of benzene rings is 1. The molecule has 2 aromatic heterocycles. The van der Waals surface area contributed by atoms with E-state index in [0.717, 1.165) is 17.7 Å². The Morgan fingerprint density at radius 1 is 1.14 bits per heavy atom. The fourth-order valence-electron chi connectivity index (χ4n) is 2.65. The van der Waals surface area contributed by atoms with Crippen LogP contribution in [0.15, 0.2) is 46.5 Å². The average Bonchev–Trinajstić information content (AvgIpc) is 3.42. The van der Waals surface area contributed by atoms with E-state index in [-0.39, 0.29) is 11.8 Å². The number of nitrogens with one attached hydrogen (secondary N) is 2. The lowest BCUT2D eigenvalue weighted by atomic mass is 10.1. The number of carbonyl (C=O) groups is 2. The molecule has 6 nitrogen and oxygen atoms in total. The summed E-state index contributed by atoms with van der Waals surface area (Å²) in [5.41, 5.74) is 3.72. The lowest BCUT2D eigenvalue weighted by Gasteiger charge is -2.04. The second kappa shape index (κ2) is 10.8. The topological polar surface area (TPSA) is 80.3 Å². The smallest absolute Gasteiger partial charge is 0.252 e. The molecule has 0 aliphatic heterocycles. The molecule has 3 aromatic rings. The van der Waals surface area contributed by atoms with Crippen LogP contribution in [-0.2, 0) is 16.0 Å². The number of nitrogens with zero attached hydrogens (tertiary/aromatic N) is 1. The second-order valence-corrected chi connectivity index (χ2v) is 8.04. The summed E-state index contributed by atoms with van der Waals surface area (Å²) in [7, 11) is 1.70. The number of thiophene rings is 1. The molecule has 0 fully saturated rings. The third-order valence-electron chi connectivity index (χ3n) is 4.24. The van der Waals surface area contributed by atoms with Crippen molar-refractivity contribution in [1.29, 1.82) is 0 Å². The summed E-state index contributed by atoms with van der Waals surface area (Å²) in [5, 5.41) is 11.8. The van der Waals surface area contributed by atoms with E-state index in [9.17, 15) is 9.59 Å². The first-order valence-corrected chi connectivity index (χ1v) is 11.1. The van der Waals surface area contributed by atoms with Gasteiger partial charge in [-0.05, 0) is 29.9 Å². The van der Waals surface area contributed by atoms with Crippen LogP contribution in [0.1, 0.15) is 28.8 Å². The van der Waals surface area contributed by atoms with Gasteiger partial charge in [-0.3, -0.25) is 9.59 Å². The molecule has 0 aliphatic rings. The van der Waals surface area contributed by atoms with Crippen molar-refractivity contribution in [2.75, 3.05) is 25.6 Å². The maximum Gasteiger partial charge on any atom is 0.252 e. The maximum atomic E-state index is 12.1. The van der Waals surface area contributed by atoms with Crippen LogP contribution in [-0.4, -0.2) is 37.1 Å². The number of amides is 2. The quantitative estimate of drug-likeness (QED) is 0.473. The first-order chi connectivity index (χ1) is 14.2. The molecular weight excluding hydrogens is 406 g/mol. The lowest BCUT2D eigenvalue weighted by molar-refractivity contribution is -0.116. The zero-order valence-corrected chi connectivity index (χ0v) is 17.8. The highest BCUT2D eigenvalue weighted by Gasteiger charge is 2.09. The first-order valence-electron chi connectivity index (χ1n) is 9.30. The SMILES string of the molecule is COCCc1ccc(-c2csc(NC(=O)CCCNC(=O)c3ccsc3)n2)cc1. The molecule has 3 rings (SSSR count). The van der Waals surface area contributed by atoms with Crippen LogP contribution in [0.4, 0.5) is 5.13 Å². The van der Waals surface area contributed by atoms with Gasteiger partial charge in [0.05, 0.1) is 12.3 Å². The molecule has 29 heavy (non-hydrogen) atoms. The normalized spacial score (nSPS) is 10.7. The van der Waals surface area contributed by atoms with Gasteiger partial charge in [0.1, 0.15) is 0 Å². The summed E-state index contributed by atoms with van der Waals surface area (Å²) in [6.45, 7) is 1.16. The van der Waals surface area contributed by atoms with E-state index in [0.29, 0.717) is 36.7 Å². The molecule has 2 amide bonds. The van der Waals surface area contributed by atoms with Crippen molar-refractivity contribution in [3.8, 4) is 11.3 Å². The van der Waals surface area contributed by atoms with E-state index in [1.807, 2.05) is 22.9 Å². The third kappa shape index (κ3) is 6.49. The molecule has 0 radical (unpaired) electrons. The molecule has 1 aromatic carbocycles. The molecule has 0 spiro atoms. The standard InChI is InChI=1S/C21H23N3O3S2/c1-27-11-8-15-4-6-16(7-5-15)18-14-29-21(23-18)24-19(25)3-2-10-22-20(26)17-9-12-28-13-17/h4-7,9,12-14H,2-3,8,10-11H2,1H3,(H,22,26)(H,23,24,25). The van der Waals surface area contributed by atoms with Gasteiger partial charge in [0.2, 0.25) is 5.91 Å². The van der Waals surface area contributed by atoms with E-state index in [1.54, 1.807) is 18.6 Å².